The van der Waals surface area contributed by atoms with Crippen molar-refractivity contribution in [1.82, 2.24) is 25.1 Å². The second-order valence-corrected chi connectivity index (χ2v) is 6.54. The van der Waals surface area contributed by atoms with Crippen molar-refractivity contribution in [2.75, 3.05) is 5.32 Å². The molecule has 0 aromatic carbocycles. The summed E-state index contributed by atoms with van der Waals surface area (Å²) < 4.78 is 1.90. The fourth-order valence-corrected chi connectivity index (χ4v) is 3.15. The van der Waals surface area contributed by atoms with Crippen LogP contribution >= 0.6 is 0 Å². The van der Waals surface area contributed by atoms with Crippen LogP contribution in [-0.2, 0) is 26.4 Å². The topological polar surface area (TPSA) is 84.7 Å². The van der Waals surface area contributed by atoms with E-state index in [4.69, 9.17) is 0 Å². The van der Waals surface area contributed by atoms with Crippen molar-refractivity contribution in [3.05, 3.63) is 34.4 Å². The molecule has 1 fully saturated rings. The van der Waals surface area contributed by atoms with Gasteiger partial charge < -0.3 is 5.32 Å². The largest absolute Gasteiger partial charge is 0.334 e. The zero-order valence-electron chi connectivity index (χ0n) is 15.4. The van der Waals surface area contributed by atoms with E-state index in [1.807, 2.05) is 24.7 Å². The average Bonchev–Trinajstić information content (AvgIpc) is 3.36. The van der Waals surface area contributed by atoms with Crippen LogP contribution in [0.5, 0.6) is 0 Å². The number of nitrogens with one attached hydrogen (secondary N) is 2. The number of hydrogen-bond donors (Lipinski definition) is 2. The molecule has 25 heavy (non-hydrogen) atoms. The number of urea groups is 1. The number of hydrogen-bond acceptors (Lipinski definition) is 4. The third-order valence-corrected chi connectivity index (χ3v) is 4.55. The third-order valence-electron chi connectivity index (χ3n) is 4.55. The zero-order chi connectivity index (χ0) is 18.0. The van der Waals surface area contributed by atoms with E-state index in [2.05, 4.69) is 39.5 Å². The summed E-state index contributed by atoms with van der Waals surface area (Å²) in [5.74, 6) is 0.900. The van der Waals surface area contributed by atoms with E-state index in [-0.39, 0.29) is 6.03 Å². The van der Waals surface area contributed by atoms with Gasteiger partial charge in [-0.3, -0.25) is 10.00 Å². The van der Waals surface area contributed by atoms with E-state index in [0.717, 1.165) is 41.2 Å². The highest BCUT2D eigenvalue weighted by Crippen LogP contribution is 2.39. The molecule has 0 aliphatic heterocycles. The summed E-state index contributed by atoms with van der Waals surface area (Å²) >= 11 is 0. The van der Waals surface area contributed by atoms with Crippen molar-refractivity contribution in [3.8, 4) is 0 Å². The van der Waals surface area contributed by atoms with E-state index in [0.29, 0.717) is 18.4 Å². The van der Waals surface area contributed by atoms with Crippen LogP contribution in [-0.4, -0.2) is 25.8 Å². The molecule has 7 nitrogen and oxygen atoms in total. The molecule has 0 saturated heterocycles. The van der Waals surface area contributed by atoms with Gasteiger partial charge in [-0.1, -0.05) is 13.8 Å². The quantitative estimate of drug-likeness (QED) is 0.845. The van der Waals surface area contributed by atoms with Crippen LogP contribution in [0.15, 0.2) is 6.07 Å². The van der Waals surface area contributed by atoms with Gasteiger partial charge in [-0.15, -0.1) is 0 Å². The Balaban J connectivity index is 1.66. The van der Waals surface area contributed by atoms with Crippen LogP contribution in [0.2, 0.25) is 0 Å². The van der Waals surface area contributed by atoms with E-state index >= 15 is 0 Å². The Morgan fingerprint density at radius 2 is 2.04 bits per heavy atom. The summed E-state index contributed by atoms with van der Waals surface area (Å²) in [4.78, 5) is 21.0. The second-order valence-electron chi connectivity index (χ2n) is 6.54. The van der Waals surface area contributed by atoms with Gasteiger partial charge in [-0.2, -0.15) is 5.10 Å². The number of aryl methyl sites for hydroxylation is 3. The minimum Gasteiger partial charge on any atom is -0.334 e. The van der Waals surface area contributed by atoms with Crippen LogP contribution in [0.1, 0.15) is 60.9 Å². The van der Waals surface area contributed by atoms with E-state index in [1.165, 1.54) is 12.8 Å². The molecule has 0 unspecified atom stereocenters. The van der Waals surface area contributed by atoms with E-state index in [1.54, 1.807) is 0 Å². The van der Waals surface area contributed by atoms with Crippen molar-refractivity contribution in [2.24, 2.45) is 7.05 Å². The summed E-state index contributed by atoms with van der Waals surface area (Å²) in [6, 6.07) is 1.71. The Morgan fingerprint density at radius 1 is 1.28 bits per heavy atom. The average molecular weight is 342 g/mol. The molecule has 0 bridgehead atoms. The monoisotopic (exact) mass is 342 g/mol. The predicted molar refractivity (Wildman–Crippen MR) is 96.6 cm³/mol. The van der Waals surface area contributed by atoms with E-state index < -0.39 is 0 Å². The number of carbonyl (C=O) groups is 1. The first kappa shape index (κ1) is 17.4. The maximum absolute atomic E-state index is 12.3. The van der Waals surface area contributed by atoms with Gasteiger partial charge >= 0.3 is 6.03 Å². The van der Waals surface area contributed by atoms with Crippen molar-refractivity contribution in [3.63, 3.8) is 0 Å². The van der Waals surface area contributed by atoms with Crippen molar-refractivity contribution >= 4 is 12.0 Å². The van der Waals surface area contributed by atoms with Crippen LogP contribution in [0.25, 0.3) is 0 Å². The fraction of sp³-hybridized carbons (Fsp3) is 0.556. The molecule has 2 N–H and O–H groups in total. The molecule has 1 saturated carbocycles. The fourth-order valence-electron chi connectivity index (χ4n) is 3.15. The Morgan fingerprint density at radius 3 is 2.68 bits per heavy atom. The predicted octanol–water partition coefficient (Wildman–Crippen LogP) is 2.84. The molecule has 1 aliphatic rings. The molecule has 2 aromatic heterocycles. The number of nitrogens with zero attached hydrogens (tertiary/aromatic N) is 4. The number of aromatic nitrogens is 4. The Kier molecular flexibility index (Phi) is 5.01. The van der Waals surface area contributed by atoms with Crippen molar-refractivity contribution in [1.29, 1.82) is 0 Å². The van der Waals surface area contributed by atoms with Crippen molar-refractivity contribution in [2.45, 2.75) is 58.9 Å². The molecule has 1 aliphatic carbocycles. The van der Waals surface area contributed by atoms with Crippen LogP contribution in [0, 0.1) is 6.92 Å². The van der Waals surface area contributed by atoms with Gasteiger partial charge in [0.2, 0.25) is 5.95 Å². The zero-order valence-corrected chi connectivity index (χ0v) is 15.4. The molecule has 3 rings (SSSR count). The highest BCUT2D eigenvalue weighted by atomic mass is 16.2. The highest BCUT2D eigenvalue weighted by molar-refractivity contribution is 5.87. The lowest BCUT2D eigenvalue weighted by molar-refractivity contribution is 0.251. The van der Waals surface area contributed by atoms with Crippen LogP contribution < -0.4 is 10.6 Å². The second kappa shape index (κ2) is 7.21. The standard InChI is InChI=1S/C18H26N6O/c1-5-14-13(16(6-2)24(4)23-14)10-19-18(25)22-17-20-11(3)9-15(21-17)12-7-8-12/h9,12H,5-8,10H2,1-4H3,(H2,19,20,21,22,25). The molecule has 7 heteroatoms. The van der Waals surface area contributed by atoms with Gasteiger partial charge in [-0.25, -0.2) is 14.8 Å². The maximum atomic E-state index is 12.3. The minimum atomic E-state index is -0.291. The van der Waals surface area contributed by atoms with Gasteiger partial charge in [0.15, 0.2) is 0 Å². The highest BCUT2D eigenvalue weighted by Gasteiger charge is 2.26. The first-order valence-corrected chi connectivity index (χ1v) is 8.95. The number of amides is 2. The first-order chi connectivity index (χ1) is 12.0. The van der Waals surface area contributed by atoms with Gasteiger partial charge in [0.25, 0.3) is 0 Å². The molecular formula is C18H26N6O. The molecule has 134 valence electrons. The summed E-state index contributed by atoms with van der Waals surface area (Å²) in [6.45, 7) is 6.55. The lowest BCUT2D eigenvalue weighted by Crippen LogP contribution is -2.29. The summed E-state index contributed by atoms with van der Waals surface area (Å²) in [5, 5.41) is 10.2. The minimum absolute atomic E-state index is 0.291. The lowest BCUT2D eigenvalue weighted by atomic mass is 10.1. The first-order valence-electron chi connectivity index (χ1n) is 8.95. The molecule has 0 spiro atoms. The van der Waals surface area contributed by atoms with Crippen molar-refractivity contribution < 1.29 is 4.79 Å². The number of anilines is 1. The van der Waals surface area contributed by atoms with Gasteiger partial charge in [-0.05, 0) is 38.7 Å². The Bertz CT molecular complexity index is 778. The normalized spacial score (nSPS) is 13.8. The van der Waals surface area contributed by atoms with E-state index in [9.17, 15) is 4.79 Å². The Labute approximate surface area is 148 Å². The SMILES string of the molecule is CCc1nn(C)c(CC)c1CNC(=O)Nc1nc(C)cc(C2CC2)n1. The van der Waals surface area contributed by atoms with Gasteiger partial charge in [0.05, 0.1) is 5.69 Å². The molecule has 0 atom stereocenters. The lowest BCUT2D eigenvalue weighted by Gasteiger charge is -2.10. The molecule has 2 heterocycles. The summed E-state index contributed by atoms with van der Waals surface area (Å²) in [6.07, 6.45) is 4.07. The summed E-state index contributed by atoms with van der Waals surface area (Å²) in [7, 11) is 1.95. The van der Waals surface area contributed by atoms with Gasteiger partial charge in [0, 0.05) is 42.2 Å². The number of carbonyl (C=O) groups excluding carboxylic acids is 1. The maximum Gasteiger partial charge on any atom is 0.321 e. The molecule has 2 aromatic rings. The summed E-state index contributed by atoms with van der Waals surface area (Å²) in [5.41, 5.74) is 5.19. The Hall–Kier alpha value is -2.44. The van der Waals surface area contributed by atoms with Gasteiger partial charge in [0.1, 0.15) is 0 Å². The third kappa shape index (κ3) is 3.97. The van der Waals surface area contributed by atoms with Crippen LogP contribution in [0.3, 0.4) is 0 Å². The molecular weight excluding hydrogens is 316 g/mol. The molecule has 2 amide bonds. The smallest absolute Gasteiger partial charge is 0.321 e. The van der Waals surface area contributed by atoms with Crippen LogP contribution in [0.4, 0.5) is 10.7 Å². The number of rotatable bonds is 6. The molecule has 0 radical (unpaired) electrons.